The lowest BCUT2D eigenvalue weighted by atomic mass is 10.1. The maximum atomic E-state index is 12.2. The van der Waals surface area contributed by atoms with Gasteiger partial charge >= 0.3 is 0 Å². The monoisotopic (exact) mass is 323 g/mol. The van der Waals surface area contributed by atoms with Gasteiger partial charge in [0.05, 0.1) is 18.6 Å². The number of benzene rings is 1. The third-order valence-electron chi connectivity index (χ3n) is 3.24. The molecule has 0 aliphatic carbocycles. The molecule has 22 heavy (non-hydrogen) atoms. The van der Waals surface area contributed by atoms with Crippen molar-refractivity contribution in [3.63, 3.8) is 0 Å². The summed E-state index contributed by atoms with van der Waals surface area (Å²) >= 11 is 5.97. The predicted octanol–water partition coefficient (Wildman–Crippen LogP) is 2.28. The molecule has 0 spiro atoms. The van der Waals surface area contributed by atoms with E-state index in [9.17, 15) is 4.79 Å². The van der Waals surface area contributed by atoms with Crippen LogP contribution >= 0.6 is 11.6 Å². The SMILES string of the molecule is COc1cc(CC(=O)N(C)CCc2noc(C)n2)ccc1Cl. The summed E-state index contributed by atoms with van der Waals surface area (Å²) in [6.07, 6.45) is 0.846. The van der Waals surface area contributed by atoms with Crippen LogP contribution in [0.5, 0.6) is 5.75 Å². The van der Waals surface area contributed by atoms with Crippen molar-refractivity contribution in [3.8, 4) is 5.75 Å². The number of carbonyl (C=O) groups excluding carboxylic acids is 1. The Labute approximate surface area is 134 Å². The molecule has 2 aromatic rings. The molecule has 0 N–H and O–H groups in total. The highest BCUT2D eigenvalue weighted by Gasteiger charge is 2.12. The number of nitrogens with zero attached hydrogens (tertiary/aromatic N) is 3. The molecule has 0 bridgehead atoms. The van der Waals surface area contributed by atoms with Gasteiger partial charge in [-0.3, -0.25) is 4.79 Å². The van der Waals surface area contributed by atoms with Gasteiger partial charge in [-0.1, -0.05) is 22.8 Å². The van der Waals surface area contributed by atoms with Gasteiger partial charge in [-0.2, -0.15) is 4.98 Å². The van der Waals surface area contributed by atoms with Gasteiger partial charge in [-0.05, 0) is 17.7 Å². The van der Waals surface area contributed by atoms with Crippen LogP contribution in [0.4, 0.5) is 0 Å². The maximum absolute atomic E-state index is 12.2. The summed E-state index contributed by atoms with van der Waals surface area (Å²) in [5.74, 6) is 1.70. The number of carbonyl (C=O) groups is 1. The largest absolute Gasteiger partial charge is 0.495 e. The first-order valence-corrected chi connectivity index (χ1v) is 7.23. The van der Waals surface area contributed by atoms with Crippen LogP contribution in [-0.4, -0.2) is 41.6 Å². The molecule has 1 aromatic carbocycles. The fourth-order valence-corrected chi connectivity index (χ4v) is 2.15. The number of hydrogen-bond donors (Lipinski definition) is 0. The summed E-state index contributed by atoms with van der Waals surface area (Å²) in [4.78, 5) is 18.0. The average Bonchev–Trinajstić information content (AvgIpc) is 2.92. The van der Waals surface area contributed by atoms with Crippen LogP contribution in [0.15, 0.2) is 22.7 Å². The van der Waals surface area contributed by atoms with E-state index in [1.54, 1.807) is 38.1 Å². The number of aromatic nitrogens is 2. The van der Waals surface area contributed by atoms with Crippen molar-refractivity contribution < 1.29 is 14.1 Å². The molecule has 0 aliphatic rings. The second kappa shape index (κ2) is 7.26. The molecule has 1 aromatic heterocycles. The zero-order valence-corrected chi connectivity index (χ0v) is 13.6. The van der Waals surface area contributed by atoms with Gasteiger partial charge in [-0.15, -0.1) is 0 Å². The van der Waals surface area contributed by atoms with Gasteiger partial charge in [0.15, 0.2) is 5.82 Å². The third kappa shape index (κ3) is 4.21. The van der Waals surface area contributed by atoms with Gasteiger partial charge in [0, 0.05) is 26.9 Å². The van der Waals surface area contributed by atoms with E-state index in [2.05, 4.69) is 10.1 Å². The van der Waals surface area contributed by atoms with Crippen molar-refractivity contribution in [2.24, 2.45) is 0 Å². The quantitative estimate of drug-likeness (QED) is 0.815. The van der Waals surface area contributed by atoms with E-state index in [1.807, 2.05) is 6.07 Å². The highest BCUT2D eigenvalue weighted by Crippen LogP contribution is 2.25. The van der Waals surface area contributed by atoms with E-state index < -0.39 is 0 Å². The van der Waals surface area contributed by atoms with Crippen molar-refractivity contribution in [1.82, 2.24) is 15.0 Å². The Morgan fingerprint density at radius 3 is 2.86 bits per heavy atom. The van der Waals surface area contributed by atoms with E-state index >= 15 is 0 Å². The van der Waals surface area contributed by atoms with Crippen LogP contribution in [0.25, 0.3) is 0 Å². The normalized spacial score (nSPS) is 10.5. The van der Waals surface area contributed by atoms with Gasteiger partial charge < -0.3 is 14.2 Å². The second-order valence-electron chi connectivity index (χ2n) is 4.94. The van der Waals surface area contributed by atoms with Crippen molar-refractivity contribution in [2.45, 2.75) is 19.8 Å². The Balaban J connectivity index is 1.90. The molecule has 2 rings (SSSR count). The van der Waals surface area contributed by atoms with E-state index in [1.165, 1.54) is 0 Å². The highest BCUT2D eigenvalue weighted by atomic mass is 35.5. The number of aryl methyl sites for hydroxylation is 1. The van der Waals surface area contributed by atoms with Crippen molar-refractivity contribution >= 4 is 17.5 Å². The van der Waals surface area contributed by atoms with Crippen LogP contribution < -0.4 is 4.74 Å². The van der Waals surface area contributed by atoms with E-state index in [0.717, 1.165) is 5.56 Å². The number of amides is 1. The average molecular weight is 324 g/mol. The Morgan fingerprint density at radius 2 is 2.23 bits per heavy atom. The molecular weight excluding hydrogens is 306 g/mol. The Bertz CT molecular complexity index is 657. The number of rotatable bonds is 6. The fourth-order valence-electron chi connectivity index (χ4n) is 1.96. The van der Waals surface area contributed by atoms with E-state index in [4.69, 9.17) is 20.9 Å². The van der Waals surface area contributed by atoms with Gasteiger partial charge in [0.1, 0.15) is 5.75 Å². The van der Waals surface area contributed by atoms with Gasteiger partial charge in [0.25, 0.3) is 0 Å². The minimum Gasteiger partial charge on any atom is -0.495 e. The first-order valence-electron chi connectivity index (χ1n) is 6.85. The molecule has 0 unspecified atom stereocenters. The number of ether oxygens (including phenoxy) is 1. The topological polar surface area (TPSA) is 68.5 Å². The molecule has 0 saturated heterocycles. The molecule has 0 aliphatic heterocycles. The summed E-state index contributed by atoms with van der Waals surface area (Å²) < 4.78 is 10.1. The number of methoxy groups -OCH3 is 1. The Morgan fingerprint density at radius 1 is 1.45 bits per heavy atom. The number of hydrogen-bond acceptors (Lipinski definition) is 5. The fraction of sp³-hybridized carbons (Fsp3) is 0.400. The minimum absolute atomic E-state index is 0.00425. The molecule has 0 atom stereocenters. The number of likely N-dealkylation sites (N-methyl/N-ethyl adjacent to an activating group) is 1. The van der Waals surface area contributed by atoms with Gasteiger partial charge in [-0.25, -0.2) is 0 Å². The smallest absolute Gasteiger partial charge is 0.226 e. The maximum Gasteiger partial charge on any atom is 0.226 e. The summed E-state index contributed by atoms with van der Waals surface area (Å²) in [5, 5.41) is 4.34. The van der Waals surface area contributed by atoms with Crippen LogP contribution in [0, 0.1) is 6.92 Å². The van der Waals surface area contributed by atoms with Crippen LogP contribution in [0.2, 0.25) is 5.02 Å². The van der Waals surface area contributed by atoms with Crippen LogP contribution in [-0.2, 0) is 17.6 Å². The molecule has 118 valence electrons. The molecule has 7 heteroatoms. The molecule has 1 amide bonds. The third-order valence-corrected chi connectivity index (χ3v) is 3.55. The lowest BCUT2D eigenvalue weighted by molar-refractivity contribution is -0.129. The van der Waals surface area contributed by atoms with Crippen LogP contribution in [0.1, 0.15) is 17.3 Å². The molecule has 0 radical (unpaired) electrons. The first kappa shape index (κ1) is 16.3. The lowest BCUT2D eigenvalue weighted by Crippen LogP contribution is -2.30. The van der Waals surface area contributed by atoms with Crippen molar-refractivity contribution in [1.29, 1.82) is 0 Å². The first-order chi connectivity index (χ1) is 10.5. The van der Waals surface area contributed by atoms with Gasteiger partial charge in [0.2, 0.25) is 11.8 Å². The Kier molecular flexibility index (Phi) is 5.38. The molecular formula is C15H18ClN3O3. The van der Waals surface area contributed by atoms with Crippen molar-refractivity contribution in [3.05, 3.63) is 40.5 Å². The zero-order chi connectivity index (χ0) is 16.1. The van der Waals surface area contributed by atoms with E-state index in [0.29, 0.717) is 35.5 Å². The molecule has 0 saturated carbocycles. The lowest BCUT2D eigenvalue weighted by Gasteiger charge is -2.16. The Hall–Kier alpha value is -2.08. The summed E-state index contributed by atoms with van der Waals surface area (Å²) in [6.45, 7) is 2.27. The zero-order valence-electron chi connectivity index (χ0n) is 12.8. The van der Waals surface area contributed by atoms with E-state index in [-0.39, 0.29) is 12.3 Å². The summed E-state index contributed by atoms with van der Waals surface area (Å²) in [5.41, 5.74) is 0.855. The summed E-state index contributed by atoms with van der Waals surface area (Å²) in [6, 6.07) is 5.32. The standard InChI is InChI=1S/C15H18ClN3O3/c1-10-17-14(18-22-10)6-7-19(2)15(20)9-11-4-5-12(16)13(8-11)21-3/h4-5,8H,6-7,9H2,1-3H3. The highest BCUT2D eigenvalue weighted by molar-refractivity contribution is 6.32. The second-order valence-corrected chi connectivity index (χ2v) is 5.35. The molecule has 6 nitrogen and oxygen atoms in total. The number of halogens is 1. The molecule has 0 fully saturated rings. The summed E-state index contributed by atoms with van der Waals surface area (Å²) in [7, 11) is 3.30. The predicted molar refractivity (Wildman–Crippen MR) is 82.1 cm³/mol. The minimum atomic E-state index is 0.00425. The van der Waals surface area contributed by atoms with Crippen LogP contribution in [0.3, 0.4) is 0 Å². The van der Waals surface area contributed by atoms with Crippen molar-refractivity contribution in [2.75, 3.05) is 20.7 Å². The molecule has 1 heterocycles.